The highest BCUT2D eigenvalue weighted by Crippen LogP contribution is 2.10. The van der Waals surface area contributed by atoms with Crippen molar-refractivity contribution in [3.05, 3.63) is 12.3 Å². The summed E-state index contributed by atoms with van der Waals surface area (Å²) in [6.45, 7) is 7.15. The minimum Gasteiger partial charge on any atom is -0.475 e. The Labute approximate surface area is 117 Å². The van der Waals surface area contributed by atoms with Crippen molar-refractivity contribution in [3.8, 4) is 5.88 Å². The normalized spacial score (nSPS) is 10.7. The number of rotatable bonds is 10. The van der Waals surface area contributed by atoms with E-state index in [1.54, 1.807) is 12.3 Å². The Morgan fingerprint density at radius 2 is 1.89 bits per heavy atom. The number of hydrogen-bond donors (Lipinski definition) is 1. The van der Waals surface area contributed by atoms with Gasteiger partial charge >= 0.3 is 0 Å². The lowest BCUT2D eigenvalue weighted by Crippen LogP contribution is -2.10. The highest BCUT2D eigenvalue weighted by Gasteiger charge is 2.01. The second kappa shape index (κ2) is 9.59. The molecule has 108 valence electrons. The first-order chi connectivity index (χ1) is 9.22. The van der Waals surface area contributed by atoms with E-state index in [4.69, 9.17) is 4.74 Å². The maximum absolute atomic E-state index is 5.54. The molecule has 0 amide bonds. The number of nitrogens with zero attached hydrogens (tertiary/aromatic N) is 2. The lowest BCUT2D eigenvalue weighted by atomic mass is 10.1. The predicted molar refractivity (Wildman–Crippen MR) is 79.7 cm³/mol. The van der Waals surface area contributed by atoms with Gasteiger partial charge in [0.1, 0.15) is 0 Å². The van der Waals surface area contributed by atoms with Crippen molar-refractivity contribution in [2.45, 2.75) is 65.4 Å². The summed E-state index contributed by atoms with van der Waals surface area (Å²) in [7, 11) is 0. The third kappa shape index (κ3) is 7.65. The molecule has 0 aliphatic rings. The van der Waals surface area contributed by atoms with Gasteiger partial charge in [0.15, 0.2) is 0 Å². The van der Waals surface area contributed by atoms with Crippen molar-refractivity contribution in [1.29, 1.82) is 0 Å². The van der Waals surface area contributed by atoms with Crippen molar-refractivity contribution in [3.63, 3.8) is 0 Å². The molecule has 0 aliphatic heterocycles. The van der Waals surface area contributed by atoms with E-state index in [2.05, 4.69) is 22.2 Å². The van der Waals surface area contributed by atoms with Gasteiger partial charge in [0, 0.05) is 18.8 Å². The molecule has 1 rings (SSSR count). The van der Waals surface area contributed by atoms with Gasteiger partial charge in [0.25, 0.3) is 0 Å². The van der Waals surface area contributed by atoms with Crippen molar-refractivity contribution >= 4 is 5.95 Å². The van der Waals surface area contributed by atoms with Gasteiger partial charge in [-0.05, 0) is 20.3 Å². The topological polar surface area (TPSA) is 47.0 Å². The Morgan fingerprint density at radius 1 is 1.16 bits per heavy atom. The second-order valence-corrected chi connectivity index (χ2v) is 5.08. The summed E-state index contributed by atoms with van der Waals surface area (Å²) in [4.78, 5) is 8.51. The van der Waals surface area contributed by atoms with Crippen LogP contribution in [0.3, 0.4) is 0 Å². The summed E-state index contributed by atoms with van der Waals surface area (Å²) in [6.07, 6.45) is 9.64. The molecule has 4 nitrogen and oxygen atoms in total. The van der Waals surface area contributed by atoms with Crippen LogP contribution < -0.4 is 10.1 Å². The summed E-state index contributed by atoms with van der Waals surface area (Å²) >= 11 is 0. The highest BCUT2D eigenvalue weighted by atomic mass is 16.5. The first-order valence-electron chi connectivity index (χ1n) is 7.46. The van der Waals surface area contributed by atoms with Crippen LogP contribution in [-0.4, -0.2) is 22.6 Å². The molecule has 1 aromatic heterocycles. The lowest BCUT2D eigenvalue weighted by molar-refractivity contribution is 0.232. The van der Waals surface area contributed by atoms with E-state index in [1.165, 1.54) is 38.5 Å². The molecule has 4 heteroatoms. The molecule has 0 aliphatic carbocycles. The molecular formula is C15H27N3O. The van der Waals surface area contributed by atoms with E-state index < -0.39 is 0 Å². The van der Waals surface area contributed by atoms with E-state index >= 15 is 0 Å². The monoisotopic (exact) mass is 265 g/mol. The average molecular weight is 265 g/mol. The first kappa shape index (κ1) is 15.7. The van der Waals surface area contributed by atoms with Gasteiger partial charge in [0.2, 0.25) is 11.8 Å². The van der Waals surface area contributed by atoms with E-state index in [1.807, 2.05) is 13.8 Å². The van der Waals surface area contributed by atoms with E-state index in [9.17, 15) is 0 Å². The maximum atomic E-state index is 5.54. The van der Waals surface area contributed by atoms with Crippen molar-refractivity contribution in [2.24, 2.45) is 0 Å². The second-order valence-electron chi connectivity index (χ2n) is 5.08. The summed E-state index contributed by atoms with van der Waals surface area (Å²) < 4.78 is 5.54. The van der Waals surface area contributed by atoms with Crippen LogP contribution in [0.2, 0.25) is 0 Å². The molecule has 0 saturated heterocycles. The van der Waals surface area contributed by atoms with Crippen LogP contribution in [0.5, 0.6) is 5.88 Å². The fourth-order valence-corrected chi connectivity index (χ4v) is 1.84. The Morgan fingerprint density at radius 3 is 2.63 bits per heavy atom. The molecule has 0 spiro atoms. The molecule has 0 bridgehead atoms. The lowest BCUT2D eigenvalue weighted by Gasteiger charge is -2.10. The van der Waals surface area contributed by atoms with Crippen molar-refractivity contribution in [2.75, 3.05) is 11.9 Å². The molecular weight excluding hydrogens is 238 g/mol. The summed E-state index contributed by atoms with van der Waals surface area (Å²) in [5, 5.41) is 3.25. The van der Waals surface area contributed by atoms with Crippen molar-refractivity contribution < 1.29 is 4.74 Å². The van der Waals surface area contributed by atoms with Gasteiger partial charge in [-0.1, -0.05) is 39.0 Å². The third-order valence-electron chi connectivity index (χ3n) is 2.80. The minimum absolute atomic E-state index is 0.140. The quantitative estimate of drug-likeness (QED) is 0.649. The number of unbranched alkanes of at least 4 members (excludes halogenated alkanes) is 5. The molecule has 0 atom stereocenters. The van der Waals surface area contributed by atoms with Gasteiger partial charge in [0.05, 0.1) is 6.10 Å². The van der Waals surface area contributed by atoms with Gasteiger partial charge in [-0.25, -0.2) is 4.98 Å². The summed E-state index contributed by atoms with van der Waals surface area (Å²) in [5.74, 6) is 1.29. The van der Waals surface area contributed by atoms with Gasteiger partial charge in [-0.15, -0.1) is 0 Å². The smallest absolute Gasteiger partial charge is 0.225 e. The Hall–Kier alpha value is -1.32. The number of ether oxygens (including phenoxy) is 1. The van der Waals surface area contributed by atoms with Crippen LogP contribution in [0.25, 0.3) is 0 Å². The Kier molecular flexibility index (Phi) is 7.94. The summed E-state index contributed by atoms with van der Waals surface area (Å²) in [6, 6.07) is 1.79. The molecule has 1 N–H and O–H groups in total. The van der Waals surface area contributed by atoms with Crippen LogP contribution >= 0.6 is 0 Å². The zero-order valence-electron chi connectivity index (χ0n) is 12.5. The van der Waals surface area contributed by atoms with E-state index in [0.29, 0.717) is 11.8 Å². The average Bonchev–Trinajstić information content (AvgIpc) is 2.37. The molecule has 19 heavy (non-hydrogen) atoms. The third-order valence-corrected chi connectivity index (χ3v) is 2.80. The first-order valence-corrected chi connectivity index (χ1v) is 7.46. The van der Waals surface area contributed by atoms with Crippen LogP contribution in [-0.2, 0) is 0 Å². The van der Waals surface area contributed by atoms with Crippen LogP contribution in [0.4, 0.5) is 5.95 Å². The zero-order valence-corrected chi connectivity index (χ0v) is 12.5. The van der Waals surface area contributed by atoms with Crippen LogP contribution in [0.1, 0.15) is 59.3 Å². The Balaban J connectivity index is 2.18. The fourth-order valence-electron chi connectivity index (χ4n) is 1.84. The Bertz CT molecular complexity index is 342. The van der Waals surface area contributed by atoms with Crippen LogP contribution in [0.15, 0.2) is 12.3 Å². The van der Waals surface area contributed by atoms with Gasteiger partial charge < -0.3 is 10.1 Å². The van der Waals surface area contributed by atoms with Gasteiger partial charge in [-0.2, -0.15) is 4.98 Å². The SMILES string of the molecule is CCCCCCCCNc1nccc(OC(C)C)n1. The predicted octanol–water partition coefficient (Wildman–Crippen LogP) is 4.04. The van der Waals surface area contributed by atoms with E-state index in [0.717, 1.165) is 6.54 Å². The largest absolute Gasteiger partial charge is 0.475 e. The number of aromatic nitrogens is 2. The molecule has 1 heterocycles. The maximum Gasteiger partial charge on any atom is 0.225 e. The number of hydrogen-bond acceptors (Lipinski definition) is 4. The molecule has 0 unspecified atom stereocenters. The standard InChI is InChI=1S/C15H27N3O/c1-4-5-6-7-8-9-11-16-15-17-12-10-14(18-15)19-13(2)3/h10,12-13H,4-9,11H2,1-3H3,(H,16,17,18). The molecule has 0 fully saturated rings. The molecule has 0 saturated carbocycles. The molecule has 0 radical (unpaired) electrons. The number of nitrogens with one attached hydrogen (secondary N) is 1. The van der Waals surface area contributed by atoms with Crippen molar-refractivity contribution in [1.82, 2.24) is 9.97 Å². The molecule has 1 aromatic rings. The molecule has 0 aromatic carbocycles. The zero-order chi connectivity index (χ0) is 13.9. The number of anilines is 1. The summed E-state index contributed by atoms with van der Waals surface area (Å²) in [5.41, 5.74) is 0. The fraction of sp³-hybridized carbons (Fsp3) is 0.733. The highest BCUT2D eigenvalue weighted by molar-refractivity contribution is 5.27. The minimum atomic E-state index is 0.140. The van der Waals surface area contributed by atoms with E-state index in [-0.39, 0.29) is 6.10 Å². The van der Waals surface area contributed by atoms with Gasteiger partial charge in [-0.3, -0.25) is 0 Å². The van der Waals surface area contributed by atoms with Crippen LogP contribution in [0, 0.1) is 0 Å².